The molecule has 0 radical (unpaired) electrons. The molecule has 5 heteroatoms. The molecule has 0 aromatic rings. The molecule has 2 aliphatic rings. The van der Waals surface area contributed by atoms with Gasteiger partial charge >= 0.3 is 0 Å². The summed E-state index contributed by atoms with van der Waals surface area (Å²) in [5.74, 6) is 0.463. The smallest absolute Gasteiger partial charge is 0.188 e. The summed E-state index contributed by atoms with van der Waals surface area (Å²) < 4.78 is 5.48. The summed E-state index contributed by atoms with van der Waals surface area (Å²) in [4.78, 5) is 4.30. The molecule has 3 atom stereocenters. The molecule has 1 aliphatic heterocycles. The summed E-state index contributed by atoms with van der Waals surface area (Å²) in [6.45, 7) is 5.54. The average molecular weight is 241 g/mol. The molecule has 0 bridgehead atoms. The number of aliphatic hydroxyl groups is 1. The number of aliphatic hydroxyl groups excluding tert-OH is 1. The van der Waals surface area contributed by atoms with Crippen LogP contribution in [-0.2, 0) is 4.74 Å². The number of hydrogen-bond acceptors (Lipinski definition) is 3. The van der Waals surface area contributed by atoms with Crippen LogP contribution in [-0.4, -0.2) is 42.5 Å². The monoisotopic (exact) mass is 241 g/mol. The van der Waals surface area contributed by atoms with Gasteiger partial charge in [0.25, 0.3) is 0 Å². The molecule has 17 heavy (non-hydrogen) atoms. The van der Waals surface area contributed by atoms with Crippen LogP contribution in [0, 0.1) is 5.41 Å². The van der Waals surface area contributed by atoms with Gasteiger partial charge < -0.3 is 20.9 Å². The van der Waals surface area contributed by atoms with Gasteiger partial charge in [0.2, 0.25) is 0 Å². The van der Waals surface area contributed by atoms with Crippen LogP contribution in [0.25, 0.3) is 0 Å². The second kappa shape index (κ2) is 4.82. The molecule has 1 saturated carbocycles. The van der Waals surface area contributed by atoms with Gasteiger partial charge in [-0.2, -0.15) is 0 Å². The van der Waals surface area contributed by atoms with E-state index in [1.165, 1.54) is 0 Å². The fourth-order valence-corrected chi connectivity index (χ4v) is 2.36. The highest BCUT2D eigenvalue weighted by atomic mass is 16.5. The summed E-state index contributed by atoms with van der Waals surface area (Å²) in [6, 6.07) is 0.214. The average Bonchev–Trinajstić information content (AvgIpc) is 2.79. The van der Waals surface area contributed by atoms with Crippen molar-refractivity contribution in [2.75, 3.05) is 13.2 Å². The van der Waals surface area contributed by atoms with Crippen LogP contribution in [0.5, 0.6) is 0 Å². The lowest BCUT2D eigenvalue weighted by Crippen LogP contribution is -2.62. The number of aliphatic imine (C=N–C) groups is 1. The lowest BCUT2D eigenvalue weighted by Gasteiger charge is -2.49. The van der Waals surface area contributed by atoms with Crippen LogP contribution in [0.4, 0.5) is 0 Å². The Balaban J connectivity index is 1.76. The Kier molecular flexibility index (Phi) is 3.58. The summed E-state index contributed by atoms with van der Waals surface area (Å²) >= 11 is 0. The van der Waals surface area contributed by atoms with Gasteiger partial charge in [0, 0.05) is 18.1 Å². The Hall–Kier alpha value is -0.810. The van der Waals surface area contributed by atoms with Crippen LogP contribution in [0.1, 0.15) is 33.1 Å². The molecule has 98 valence electrons. The van der Waals surface area contributed by atoms with E-state index < -0.39 is 0 Å². The van der Waals surface area contributed by atoms with Gasteiger partial charge in [-0.3, -0.25) is 4.99 Å². The van der Waals surface area contributed by atoms with Crippen molar-refractivity contribution < 1.29 is 9.84 Å². The van der Waals surface area contributed by atoms with E-state index in [-0.39, 0.29) is 23.7 Å². The molecule has 4 N–H and O–H groups in total. The van der Waals surface area contributed by atoms with Crippen LogP contribution < -0.4 is 11.1 Å². The van der Waals surface area contributed by atoms with Crippen molar-refractivity contribution in [1.29, 1.82) is 0 Å². The van der Waals surface area contributed by atoms with Crippen LogP contribution in [0.2, 0.25) is 0 Å². The summed E-state index contributed by atoms with van der Waals surface area (Å²) in [5.41, 5.74) is 5.71. The van der Waals surface area contributed by atoms with Crippen LogP contribution >= 0.6 is 0 Å². The van der Waals surface area contributed by atoms with Gasteiger partial charge in [-0.1, -0.05) is 13.8 Å². The number of guanidine groups is 1. The van der Waals surface area contributed by atoms with Crippen molar-refractivity contribution in [3.63, 3.8) is 0 Å². The van der Waals surface area contributed by atoms with Gasteiger partial charge in [-0.15, -0.1) is 0 Å². The highest BCUT2D eigenvalue weighted by Gasteiger charge is 2.47. The van der Waals surface area contributed by atoms with Crippen molar-refractivity contribution in [2.24, 2.45) is 16.1 Å². The van der Waals surface area contributed by atoms with Crippen LogP contribution in [0.15, 0.2) is 4.99 Å². The van der Waals surface area contributed by atoms with Gasteiger partial charge in [0.15, 0.2) is 5.96 Å². The van der Waals surface area contributed by atoms with E-state index in [0.717, 1.165) is 25.9 Å². The predicted molar refractivity (Wildman–Crippen MR) is 66.8 cm³/mol. The molecule has 1 heterocycles. The first-order chi connectivity index (χ1) is 8.00. The maximum absolute atomic E-state index is 9.62. The lowest BCUT2D eigenvalue weighted by molar-refractivity contribution is -0.0660. The van der Waals surface area contributed by atoms with E-state index in [1.54, 1.807) is 0 Å². The van der Waals surface area contributed by atoms with Crippen molar-refractivity contribution in [3.05, 3.63) is 0 Å². The number of nitrogens with one attached hydrogen (secondary N) is 1. The first-order valence-corrected chi connectivity index (χ1v) is 6.36. The predicted octanol–water partition coefficient (Wildman–Crippen LogP) is 0.229. The van der Waals surface area contributed by atoms with E-state index in [9.17, 15) is 5.11 Å². The quantitative estimate of drug-likeness (QED) is 0.488. The molecule has 2 fully saturated rings. The second-order valence-electron chi connectivity index (χ2n) is 5.63. The fraction of sp³-hybridized carbons (Fsp3) is 0.917. The van der Waals surface area contributed by atoms with Crippen LogP contribution in [0.3, 0.4) is 0 Å². The highest BCUT2D eigenvalue weighted by molar-refractivity contribution is 5.78. The standard InChI is InChI=1S/C12H23N3O2/c1-12(2)9(6-10(12)16)15-11(13)14-7-8-4-3-5-17-8/h8-10,16H,3-7H2,1-2H3,(H3,13,14,15). The Labute approximate surface area is 102 Å². The maximum atomic E-state index is 9.62. The maximum Gasteiger partial charge on any atom is 0.188 e. The number of nitrogens with two attached hydrogens (primary N) is 1. The molecule has 3 unspecified atom stereocenters. The van der Waals surface area contributed by atoms with E-state index >= 15 is 0 Å². The third-order valence-electron chi connectivity index (χ3n) is 4.03. The molecular weight excluding hydrogens is 218 g/mol. The topological polar surface area (TPSA) is 79.9 Å². The summed E-state index contributed by atoms with van der Waals surface area (Å²) in [7, 11) is 0. The van der Waals surface area contributed by atoms with Gasteiger partial charge in [-0.25, -0.2) is 0 Å². The van der Waals surface area contributed by atoms with Crippen molar-refractivity contribution in [3.8, 4) is 0 Å². The Morgan fingerprint density at radius 1 is 1.59 bits per heavy atom. The van der Waals surface area contributed by atoms with Gasteiger partial charge in [-0.05, 0) is 19.3 Å². The normalized spacial score (nSPS) is 36.6. The Morgan fingerprint density at radius 2 is 2.35 bits per heavy atom. The van der Waals surface area contributed by atoms with E-state index in [1.807, 2.05) is 13.8 Å². The molecule has 2 rings (SSSR count). The molecule has 0 amide bonds. The zero-order valence-corrected chi connectivity index (χ0v) is 10.6. The first-order valence-electron chi connectivity index (χ1n) is 6.36. The SMILES string of the molecule is CC1(C)C(O)CC1NC(N)=NCC1CCCO1. The minimum absolute atomic E-state index is 0.121. The number of rotatable bonds is 3. The number of hydrogen-bond donors (Lipinski definition) is 3. The molecular formula is C12H23N3O2. The number of ether oxygens (including phenoxy) is 1. The largest absolute Gasteiger partial charge is 0.392 e. The first kappa shape index (κ1) is 12.6. The van der Waals surface area contributed by atoms with E-state index in [0.29, 0.717) is 12.5 Å². The third-order valence-corrected chi connectivity index (χ3v) is 4.03. The summed E-state index contributed by atoms with van der Waals surface area (Å²) in [5, 5.41) is 12.8. The van der Waals surface area contributed by atoms with Crippen molar-refractivity contribution >= 4 is 5.96 Å². The molecule has 0 aromatic heterocycles. The Bertz CT molecular complexity index is 298. The zero-order valence-electron chi connectivity index (χ0n) is 10.6. The Morgan fingerprint density at radius 3 is 2.88 bits per heavy atom. The minimum Gasteiger partial charge on any atom is -0.392 e. The summed E-state index contributed by atoms with van der Waals surface area (Å²) in [6.07, 6.45) is 2.92. The van der Waals surface area contributed by atoms with Gasteiger partial charge in [0.05, 0.1) is 18.8 Å². The van der Waals surface area contributed by atoms with E-state index in [4.69, 9.17) is 10.5 Å². The van der Waals surface area contributed by atoms with Crippen molar-refractivity contribution in [1.82, 2.24) is 5.32 Å². The lowest BCUT2D eigenvalue weighted by atomic mass is 9.65. The molecule has 0 aromatic carbocycles. The minimum atomic E-state index is -0.244. The molecule has 1 saturated heterocycles. The zero-order chi connectivity index (χ0) is 12.5. The van der Waals surface area contributed by atoms with E-state index in [2.05, 4.69) is 10.3 Å². The third kappa shape index (κ3) is 2.72. The van der Waals surface area contributed by atoms with Gasteiger partial charge in [0.1, 0.15) is 0 Å². The second-order valence-corrected chi connectivity index (χ2v) is 5.63. The highest BCUT2D eigenvalue weighted by Crippen LogP contribution is 2.40. The molecule has 1 aliphatic carbocycles. The molecule has 5 nitrogen and oxygen atoms in total. The molecule has 0 spiro atoms. The van der Waals surface area contributed by atoms with Crippen molar-refractivity contribution in [2.45, 2.75) is 51.4 Å². The fourth-order valence-electron chi connectivity index (χ4n) is 2.36. The number of nitrogens with zero attached hydrogens (tertiary/aromatic N) is 1.